The molecule has 2 aromatic rings. The van der Waals surface area contributed by atoms with Gasteiger partial charge in [-0.15, -0.1) is 0 Å². The SMILES string of the molecule is CCC(CC)n1c(=O)[nH]c(=O)c2cc(F)c(NCC3CC3)cc21. The maximum atomic E-state index is 14.3. The predicted octanol–water partition coefficient (Wildman–Crippen LogP) is 3.01. The van der Waals surface area contributed by atoms with Gasteiger partial charge >= 0.3 is 5.69 Å². The summed E-state index contributed by atoms with van der Waals surface area (Å²) in [7, 11) is 0. The molecule has 0 unspecified atom stereocenters. The summed E-state index contributed by atoms with van der Waals surface area (Å²) < 4.78 is 15.8. The van der Waals surface area contributed by atoms with Crippen molar-refractivity contribution in [2.45, 2.75) is 45.6 Å². The maximum absolute atomic E-state index is 14.3. The molecule has 0 aliphatic heterocycles. The van der Waals surface area contributed by atoms with Crippen LogP contribution in [-0.4, -0.2) is 16.1 Å². The Balaban J connectivity index is 2.18. The van der Waals surface area contributed by atoms with Crippen LogP contribution in [0.3, 0.4) is 0 Å². The molecule has 3 rings (SSSR count). The normalized spacial score (nSPS) is 14.6. The Kier molecular flexibility index (Phi) is 4.24. The molecule has 0 atom stereocenters. The van der Waals surface area contributed by atoms with E-state index in [1.807, 2.05) is 13.8 Å². The molecule has 1 aromatic heterocycles. The smallest absolute Gasteiger partial charge is 0.329 e. The average molecular weight is 319 g/mol. The lowest BCUT2D eigenvalue weighted by molar-refractivity contribution is 0.464. The Morgan fingerprint density at radius 2 is 2.00 bits per heavy atom. The van der Waals surface area contributed by atoms with Crippen LogP contribution in [0.5, 0.6) is 0 Å². The fourth-order valence-electron chi connectivity index (χ4n) is 3.01. The number of rotatable bonds is 6. The van der Waals surface area contributed by atoms with Gasteiger partial charge in [0.25, 0.3) is 5.56 Å². The van der Waals surface area contributed by atoms with Crippen molar-refractivity contribution in [3.63, 3.8) is 0 Å². The number of anilines is 1. The highest BCUT2D eigenvalue weighted by Crippen LogP contribution is 2.30. The molecule has 0 amide bonds. The van der Waals surface area contributed by atoms with E-state index in [4.69, 9.17) is 0 Å². The number of aromatic nitrogens is 2. The Morgan fingerprint density at radius 3 is 2.61 bits per heavy atom. The van der Waals surface area contributed by atoms with Gasteiger partial charge in [-0.25, -0.2) is 9.18 Å². The third-order valence-electron chi connectivity index (χ3n) is 4.61. The molecular weight excluding hydrogens is 297 g/mol. The number of fused-ring (bicyclic) bond motifs is 1. The molecule has 5 nitrogen and oxygen atoms in total. The van der Waals surface area contributed by atoms with Crippen molar-refractivity contribution >= 4 is 16.6 Å². The summed E-state index contributed by atoms with van der Waals surface area (Å²) in [5, 5.41) is 3.32. The van der Waals surface area contributed by atoms with Gasteiger partial charge in [-0.2, -0.15) is 0 Å². The van der Waals surface area contributed by atoms with Crippen LogP contribution in [0.25, 0.3) is 10.9 Å². The molecule has 1 saturated carbocycles. The van der Waals surface area contributed by atoms with Gasteiger partial charge in [0.2, 0.25) is 0 Å². The van der Waals surface area contributed by atoms with Crippen molar-refractivity contribution in [2.75, 3.05) is 11.9 Å². The lowest BCUT2D eigenvalue weighted by Gasteiger charge is -2.19. The predicted molar refractivity (Wildman–Crippen MR) is 89.6 cm³/mol. The number of aromatic amines is 1. The molecule has 0 bridgehead atoms. The molecule has 1 aliphatic rings. The van der Waals surface area contributed by atoms with E-state index in [0.29, 0.717) is 17.1 Å². The molecule has 23 heavy (non-hydrogen) atoms. The van der Waals surface area contributed by atoms with Gasteiger partial charge in [0.1, 0.15) is 5.82 Å². The lowest BCUT2D eigenvalue weighted by Crippen LogP contribution is -2.33. The Hall–Kier alpha value is -2.11. The second kappa shape index (κ2) is 6.18. The number of benzene rings is 1. The van der Waals surface area contributed by atoms with Crippen molar-refractivity contribution in [3.8, 4) is 0 Å². The molecule has 124 valence electrons. The summed E-state index contributed by atoms with van der Waals surface area (Å²) in [5.41, 5.74) is -0.128. The van der Waals surface area contributed by atoms with Crippen LogP contribution in [0.2, 0.25) is 0 Å². The van der Waals surface area contributed by atoms with Gasteiger partial charge < -0.3 is 5.32 Å². The van der Waals surface area contributed by atoms with Crippen LogP contribution >= 0.6 is 0 Å². The molecule has 1 aliphatic carbocycles. The van der Waals surface area contributed by atoms with Crippen molar-refractivity contribution in [3.05, 3.63) is 38.8 Å². The third kappa shape index (κ3) is 3.02. The zero-order chi connectivity index (χ0) is 16.6. The molecule has 2 N–H and O–H groups in total. The van der Waals surface area contributed by atoms with E-state index >= 15 is 0 Å². The molecule has 0 spiro atoms. The molecule has 6 heteroatoms. The van der Waals surface area contributed by atoms with E-state index in [2.05, 4.69) is 10.3 Å². The first-order chi connectivity index (χ1) is 11.0. The highest BCUT2D eigenvalue weighted by atomic mass is 19.1. The van der Waals surface area contributed by atoms with Crippen molar-refractivity contribution < 1.29 is 4.39 Å². The van der Waals surface area contributed by atoms with Gasteiger partial charge in [-0.05, 0) is 43.7 Å². The van der Waals surface area contributed by atoms with Gasteiger partial charge in [0.15, 0.2) is 0 Å². The summed E-state index contributed by atoms with van der Waals surface area (Å²) in [4.78, 5) is 26.6. The topological polar surface area (TPSA) is 66.9 Å². The van der Waals surface area contributed by atoms with Gasteiger partial charge in [0.05, 0.1) is 16.6 Å². The van der Waals surface area contributed by atoms with Crippen LogP contribution < -0.4 is 16.6 Å². The number of hydrogen-bond acceptors (Lipinski definition) is 3. The number of nitrogens with zero attached hydrogens (tertiary/aromatic N) is 1. The standard InChI is InChI=1S/C17H22FN3O2/c1-3-11(4-2)21-15-8-14(19-9-10-5-6-10)13(18)7-12(15)16(22)20-17(21)23/h7-8,10-11,19H,3-6,9H2,1-2H3,(H,20,22,23). The highest BCUT2D eigenvalue weighted by molar-refractivity contribution is 5.82. The van der Waals surface area contributed by atoms with E-state index in [1.54, 1.807) is 10.6 Å². The van der Waals surface area contributed by atoms with Crippen LogP contribution in [-0.2, 0) is 0 Å². The summed E-state index contributed by atoms with van der Waals surface area (Å²) >= 11 is 0. The average Bonchev–Trinajstić information content (AvgIpc) is 3.34. The summed E-state index contributed by atoms with van der Waals surface area (Å²) in [5.74, 6) is 0.142. The first-order valence-corrected chi connectivity index (χ1v) is 8.27. The Labute approximate surface area is 133 Å². The fourth-order valence-corrected chi connectivity index (χ4v) is 3.01. The molecule has 1 aromatic carbocycles. The van der Waals surface area contributed by atoms with E-state index < -0.39 is 17.1 Å². The summed E-state index contributed by atoms with van der Waals surface area (Å²) in [6, 6.07) is 2.80. The first-order valence-electron chi connectivity index (χ1n) is 8.27. The number of hydrogen-bond donors (Lipinski definition) is 2. The zero-order valence-corrected chi connectivity index (χ0v) is 13.5. The van der Waals surface area contributed by atoms with E-state index in [0.717, 1.165) is 19.4 Å². The summed E-state index contributed by atoms with van der Waals surface area (Å²) in [6.07, 6.45) is 3.86. The number of nitrogens with one attached hydrogen (secondary N) is 2. The van der Waals surface area contributed by atoms with Crippen molar-refractivity contribution in [1.82, 2.24) is 9.55 Å². The van der Waals surface area contributed by atoms with E-state index in [-0.39, 0.29) is 11.4 Å². The highest BCUT2D eigenvalue weighted by Gasteiger charge is 2.22. The number of H-pyrrole nitrogens is 1. The molecule has 0 radical (unpaired) electrons. The monoisotopic (exact) mass is 319 g/mol. The Morgan fingerprint density at radius 1 is 1.30 bits per heavy atom. The van der Waals surface area contributed by atoms with E-state index in [1.165, 1.54) is 18.9 Å². The minimum Gasteiger partial charge on any atom is -0.382 e. The van der Waals surface area contributed by atoms with Gasteiger partial charge in [-0.3, -0.25) is 14.3 Å². The molecule has 1 heterocycles. The van der Waals surface area contributed by atoms with Gasteiger partial charge in [0, 0.05) is 12.6 Å². The quantitative estimate of drug-likeness (QED) is 0.860. The second-order valence-electron chi connectivity index (χ2n) is 6.27. The molecule has 0 saturated heterocycles. The van der Waals surface area contributed by atoms with Crippen LogP contribution in [0.4, 0.5) is 10.1 Å². The van der Waals surface area contributed by atoms with Crippen molar-refractivity contribution in [1.29, 1.82) is 0 Å². The minimum atomic E-state index is -0.542. The van der Waals surface area contributed by atoms with E-state index in [9.17, 15) is 14.0 Å². The fraction of sp³-hybridized carbons (Fsp3) is 0.529. The zero-order valence-electron chi connectivity index (χ0n) is 13.5. The van der Waals surface area contributed by atoms with Crippen molar-refractivity contribution in [2.24, 2.45) is 5.92 Å². The summed E-state index contributed by atoms with van der Waals surface area (Å²) in [6.45, 7) is 4.71. The minimum absolute atomic E-state index is 0.0245. The van der Waals surface area contributed by atoms with Crippen LogP contribution in [0.1, 0.15) is 45.6 Å². The van der Waals surface area contributed by atoms with Crippen LogP contribution in [0.15, 0.2) is 21.7 Å². The Bertz CT molecular complexity index is 832. The second-order valence-corrected chi connectivity index (χ2v) is 6.27. The lowest BCUT2D eigenvalue weighted by atomic mass is 10.1. The first kappa shape index (κ1) is 15.8. The molecule has 1 fully saturated rings. The third-order valence-corrected chi connectivity index (χ3v) is 4.61. The number of halogens is 1. The van der Waals surface area contributed by atoms with Gasteiger partial charge in [-0.1, -0.05) is 13.8 Å². The largest absolute Gasteiger partial charge is 0.382 e. The maximum Gasteiger partial charge on any atom is 0.329 e. The molecular formula is C17H22FN3O2. The van der Waals surface area contributed by atoms with Crippen LogP contribution in [0, 0.1) is 11.7 Å².